The average Bonchev–Trinajstić information content (AvgIpc) is 2.98. The van der Waals surface area contributed by atoms with E-state index < -0.39 is 10.0 Å². The fourth-order valence-corrected chi connectivity index (χ4v) is 6.23. The second kappa shape index (κ2) is 13.1. The average molecular weight is 596 g/mol. The van der Waals surface area contributed by atoms with Gasteiger partial charge in [0, 0.05) is 57.1 Å². The minimum Gasteiger partial charge on any atom is -0.494 e. The maximum atomic E-state index is 11.8. The van der Waals surface area contributed by atoms with Crippen molar-refractivity contribution in [1.29, 1.82) is 0 Å². The van der Waals surface area contributed by atoms with Crippen molar-refractivity contribution >= 4 is 44.7 Å². The molecule has 3 N–H and O–H groups in total. The number of likely N-dealkylation sites (N-methyl/N-ethyl adjacent to an activating group) is 1. The van der Waals surface area contributed by atoms with Crippen LogP contribution in [0.4, 0.5) is 34.6 Å². The number of methoxy groups -OCH3 is 1. The fourth-order valence-electron chi connectivity index (χ4n) is 5.66. The quantitative estimate of drug-likeness (QED) is 0.319. The molecule has 0 spiro atoms. The number of ether oxygens (including phenoxy) is 1. The maximum absolute atomic E-state index is 11.8. The van der Waals surface area contributed by atoms with Crippen LogP contribution in [0.5, 0.6) is 5.75 Å². The van der Waals surface area contributed by atoms with Crippen molar-refractivity contribution in [2.24, 2.45) is 0 Å². The minimum atomic E-state index is -3.45. The summed E-state index contributed by atoms with van der Waals surface area (Å²) in [4.78, 5) is 20.6. The summed E-state index contributed by atoms with van der Waals surface area (Å²) < 4.78 is 31.9. The molecule has 2 aliphatic rings. The van der Waals surface area contributed by atoms with Crippen molar-refractivity contribution in [2.75, 3.05) is 79.9 Å². The molecule has 0 unspecified atom stereocenters. The van der Waals surface area contributed by atoms with Gasteiger partial charge in [0.2, 0.25) is 21.9 Å². The van der Waals surface area contributed by atoms with Crippen molar-refractivity contribution in [1.82, 2.24) is 24.8 Å². The number of anilines is 6. The predicted molar refractivity (Wildman–Crippen MR) is 168 cm³/mol. The molecule has 2 aliphatic heterocycles. The predicted octanol–water partition coefficient (Wildman–Crippen LogP) is 3.52. The monoisotopic (exact) mass is 595 g/mol. The van der Waals surface area contributed by atoms with Gasteiger partial charge >= 0.3 is 0 Å². The summed E-state index contributed by atoms with van der Waals surface area (Å²) in [6.45, 7) is 8.84. The van der Waals surface area contributed by atoms with Crippen LogP contribution in [0.15, 0.2) is 42.7 Å². The highest BCUT2D eigenvalue weighted by Crippen LogP contribution is 2.37. The Morgan fingerprint density at radius 2 is 1.57 bits per heavy atom. The van der Waals surface area contributed by atoms with Crippen LogP contribution in [0.3, 0.4) is 0 Å². The third-order valence-corrected chi connectivity index (χ3v) is 8.52. The summed E-state index contributed by atoms with van der Waals surface area (Å²) in [5.74, 6) is 1.31. The largest absolute Gasteiger partial charge is 0.494 e. The van der Waals surface area contributed by atoms with E-state index in [0.717, 1.165) is 57.6 Å². The Morgan fingerprint density at radius 3 is 2.19 bits per heavy atom. The van der Waals surface area contributed by atoms with Crippen LogP contribution in [0.1, 0.15) is 25.3 Å². The van der Waals surface area contributed by atoms with Crippen LogP contribution >= 0.6 is 0 Å². The summed E-state index contributed by atoms with van der Waals surface area (Å²) in [7, 11) is 0.420. The first-order chi connectivity index (χ1) is 20.2. The number of hydrogen-bond acceptors (Lipinski definition) is 11. The van der Waals surface area contributed by atoms with E-state index in [0.29, 0.717) is 29.1 Å². The van der Waals surface area contributed by atoms with Gasteiger partial charge in [-0.25, -0.2) is 18.4 Å². The Kier molecular flexibility index (Phi) is 9.29. The van der Waals surface area contributed by atoms with Crippen molar-refractivity contribution in [3.05, 3.63) is 48.3 Å². The van der Waals surface area contributed by atoms with Gasteiger partial charge in [-0.05, 0) is 50.1 Å². The molecule has 2 fully saturated rings. The number of nitrogens with zero attached hydrogens (tertiary/aromatic N) is 6. The molecule has 2 aromatic carbocycles. The Labute approximate surface area is 248 Å². The van der Waals surface area contributed by atoms with Crippen LogP contribution in [-0.2, 0) is 16.4 Å². The van der Waals surface area contributed by atoms with E-state index in [1.165, 1.54) is 30.4 Å². The number of aryl methyl sites for hydroxylation is 1. The third kappa shape index (κ3) is 7.39. The van der Waals surface area contributed by atoms with E-state index in [2.05, 4.69) is 71.1 Å². The van der Waals surface area contributed by atoms with Crippen LogP contribution in [0.25, 0.3) is 0 Å². The molecule has 1 aromatic heterocycles. The number of hydrogen-bond donors (Lipinski definition) is 3. The van der Waals surface area contributed by atoms with Gasteiger partial charge in [-0.15, -0.1) is 0 Å². The van der Waals surface area contributed by atoms with Gasteiger partial charge in [-0.2, -0.15) is 4.98 Å². The van der Waals surface area contributed by atoms with Crippen LogP contribution < -0.4 is 25.0 Å². The Balaban J connectivity index is 1.30. The number of rotatable bonds is 10. The summed E-state index contributed by atoms with van der Waals surface area (Å²) in [5, 5.41) is 6.37. The highest BCUT2D eigenvalue weighted by molar-refractivity contribution is 7.92. The lowest BCUT2D eigenvalue weighted by molar-refractivity contribution is 0.0982. The lowest BCUT2D eigenvalue weighted by Gasteiger charge is -2.43. The van der Waals surface area contributed by atoms with Gasteiger partial charge in [0.25, 0.3) is 0 Å². The summed E-state index contributed by atoms with van der Waals surface area (Å²) >= 11 is 0. The number of piperazine rings is 1. The lowest BCUT2D eigenvalue weighted by atomic mass is 9.99. The third-order valence-electron chi connectivity index (χ3n) is 7.93. The first kappa shape index (κ1) is 29.8. The van der Waals surface area contributed by atoms with Crippen molar-refractivity contribution < 1.29 is 13.2 Å². The Bertz CT molecular complexity index is 1470. The highest BCUT2D eigenvalue weighted by atomic mass is 32.2. The second-order valence-electron chi connectivity index (χ2n) is 10.9. The molecule has 0 aliphatic carbocycles. The zero-order chi connectivity index (χ0) is 29.7. The standard InChI is InChI=1S/C29H41N9O3S/c1-5-21-18-25(27(41-3)19-26(21)38-12-10-22(11-13-38)37-16-14-36(2)15-17-37)33-29-31-20-30-28(34-29)32-23-8-6-7-9-24(23)35-42(4,39)40/h6-9,18-20,22,35H,5,10-17H2,1-4H3,(H2,30,31,32,33,34). The van der Waals surface area contributed by atoms with Crippen LogP contribution in [0.2, 0.25) is 0 Å². The SMILES string of the molecule is CCc1cc(Nc2ncnc(Nc3ccccc3NS(C)(=O)=O)n2)c(OC)cc1N1CCC(N2CCN(C)CC2)CC1. The zero-order valence-electron chi connectivity index (χ0n) is 24.8. The molecule has 0 amide bonds. The molecular formula is C29H41N9O3S. The van der Waals surface area contributed by atoms with E-state index >= 15 is 0 Å². The molecular weight excluding hydrogens is 554 g/mol. The Morgan fingerprint density at radius 1 is 0.929 bits per heavy atom. The summed E-state index contributed by atoms with van der Waals surface area (Å²) in [6, 6.07) is 11.8. The number of piperidine rings is 1. The van der Waals surface area contributed by atoms with E-state index in [-0.39, 0.29) is 5.95 Å². The molecule has 0 bridgehead atoms. The fraction of sp³-hybridized carbons (Fsp3) is 0.483. The van der Waals surface area contributed by atoms with E-state index in [1.54, 1.807) is 31.4 Å². The molecule has 0 radical (unpaired) electrons. The van der Waals surface area contributed by atoms with E-state index in [1.807, 2.05) is 0 Å². The van der Waals surface area contributed by atoms with Gasteiger partial charge in [0.05, 0.1) is 30.4 Å². The number of para-hydroxylation sites is 2. The topological polar surface area (TPSA) is 128 Å². The number of benzene rings is 2. The molecule has 3 heterocycles. The molecule has 2 saturated heterocycles. The molecule has 5 rings (SSSR count). The Hall–Kier alpha value is -3.68. The van der Waals surface area contributed by atoms with Crippen LogP contribution in [-0.4, -0.2) is 98.9 Å². The molecule has 13 heteroatoms. The van der Waals surface area contributed by atoms with Gasteiger partial charge in [0.1, 0.15) is 12.1 Å². The molecule has 12 nitrogen and oxygen atoms in total. The maximum Gasteiger partial charge on any atom is 0.232 e. The van der Waals surface area contributed by atoms with Crippen LogP contribution in [0, 0.1) is 0 Å². The van der Waals surface area contributed by atoms with Gasteiger partial charge in [0.15, 0.2) is 0 Å². The van der Waals surface area contributed by atoms with Gasteiger partial charge < -0.3 is 25.2 Å². The summed E-state index contributed by atoms with van der Waals surface area (Å²) in [6.07, 6.45) is 5.71. The first-order valence-corrected chi connectivity index (χ1v) is 16.3. The molecule has 3 aromatic rings. The lowest BCUT2D eigenvalue weighted by Crippen LogP contribution is -2.52. The van der Waals surface area contributed by atoms with Crippen molar-refractivity contribution in [2.45, 2.75) is 32.2 Å². The van der Waals surface area contributed by atoms with Gasteiger partial charge in [-0.1, -0.05) is 19.1 Å². The molecule has 0 saturated carbocycles. The van der Waals surface area contributed by atoms with Gasteiger partial charge in [-0.3, -0.25) is 9.62 Å². The molecule has 0 atom stereocenters. The number of aromatic nitrogens is 3. The first-order valence-electron chi connectivity index (χ1n) is 14.4. The smallest absolute Gasteiger partial charge is 0.232 e. The van der Waals surface area contributed by atoms with Crippen molar-refractivity contribution in [3.63, 3.8) is 0 Å². The normalized spacial score (nSPS) is 17.2. The van der Waals surface area contributed by atoms with Crippen molar-refractivity contribution in [3.8, 4) is 5.75 Å². The number of sulfonamides is 1. The molecule has 42 heavy (non-hydrogen) atoms. The summed E-state index contributed by atoms with van der Waals surface area (Å²) in [5.41, 5.74) is 4.12. The minimum absolute atomic E-state index is 0.268. The second-order valence-corrected chi connectivity index (χ2v) is 12.6. The zero-order valence-corrected chi connectivity index (χ0v) is 25.6. The highest BCUT2D eigenvalue weighted by Gasteiger charge is 2.28. The van der Waals surface area contributed by atoms with E-state index in [4.69, 9.17) is 4.74 Å². The number of nitrogens with one attached hydrogen (secondary N) is 3. The van der Waals surface area contributed by atoms with E-state index in [9.17, 15) is 8.42 Å². The molecule has 226 valence electrons.